The van der Waals surface area contributed by atoms with Crippen LogP contribution < -0.4 is 0 Å². The number of ketones is 1. The zero-order valence-corrected chi connectivity index (χ0v) is 11.7. The zero-order valence-electron chi connectivity index (χ0n) is 11.7. The third-order valence-corrected chi connectivity index (χ3v) is 3.17. The fourth-order valence-corrected chi connectivity index (χ4v) is 2.08. The Morgan fingerprint density at radius 3 is 2.82 bits per heavy atom. The molecular weight excluding hydrogens is 280 g/mol. The van der Waals surface area contributed by atoms with E-state index < -0.39 is 5.78 Å². The second kappa shape index (κ2) is 6.09. The lowest BCUT2D eigenvalue weighted by Crippen LogP contribution is -1.99. The van der Waals surface area contributed by atoms with E-state index in [0.717, 1.165) is 11.6 Å². The number of aliphatic hydroxyl groups excluding tert-OH is 1. The maximum Gasteiger partial charge on any atom is 0.226 e. The Morgan fingerprint density at radius 1 is 1.27 bits per heavy atom. The standard InChI is InChI=1S/C16H14N4O2/c21-14(8-15(22)16-17-11-18-19-16)13-6-7-20(10-13)9-12-4-2-1-3-5-12/h1-8,10-11,21H,9H2,(H,17,18,19)/b14-8+. The van der Waals surface area contributed by atoms with Gasteiger partial charge < -0.3 is 9.67 Å². The van der Waals surface area contributed by atoms with Crippen LogP contribution in [0.4, 0.5) is 0 Å². The van der Waals surface area contributed by atoms with Crippen LogP contribution in [0, 0.1) is 0 Å². The van der Waals surface area contributed by atoms with Crippen molar-refractivity contribution < 1.29 is 9.90 Å². The number of H-pyrrole nitrogens is 1. The van der Waals surface area contributed by atoms with Gasteiger partial charge in [0.2, 0.25) is 5.78 Å². The van der Waals surface area contributed by atoms with Crippen LogP contribution >= 0.6 is 0 Å². The first kappa shape index (κ1) is 13.8. The molecule has 0 fully saturated rings. The number of hydrogen-bond donors (Lipinski definition) is 2. The summed E-state index contributed by atoms with van der Waals surface area (Å²) in [5.41, 5.74) is 1.73. The van der Waals surface area contributed by atoms with Gasteiger partial charge in [-0.2, -0.15) is 5.10 Å². The smallest absolute Gasteiger partial charge is 0.226 e. The van der Waals surface area contributed by atoms with E-state index >= 15 is 0 Å². The highest BCUT2D eigenvalue weighted by Gasteiger charge is 2.09. The Bertz CT molecular complexity index is 789. The summed E-state index contributed by atoms with van der Waals surface area (Å²) in [7, 11) is 0. The summed E-state index contributed by atoms with van der Waals surface area (Å²) in [6, 6.07) is 11.7. The number of hydrogen-bond acceptors (Lipinski definition) is 4. The summed E-state index contributed by atoms with van der Waals surface area (Å²) >= 11 is 0. The Hall–Kier alpha value is -3.15. The van der Waals surface area contributed by atoms with Crippen molar-refractivity contribution in [3.63, 3.8) is 0 Å². The van der Waals surface area contributed by atoms with Gasteiger partial charge in [-0.15, -0.1) is 0 Å². The van der Waals surface area contributed by atoms with E-state index in [4.69, 9.17) is 0 Å². The van der Waals surface area contributed by atoms with Crippen LogP contribution in [0.5, 0.6) is 0 Å². The molecule has 0 saturated carbocycles. The quantitative estimate of drug-likeness (QED) is 0.430. The maximum atomic E-state index is 11.8. The number of rotatable bonds is 5. The number of aromatic amines is 1. The molecule has 0 aliphatic heterocycles. The normalized spacial score (nSPS) is 11.5. The van der Waals surface area contributed by atoms with Crippen molar-refractivity contribution in [2.75, 3.05) is 0 Å². The fraction of sp³-hybridized carbons (Fsp3) is 0.0625. The number of allylic oxidation sites excluding steroid dienone is 1. The molecule has 0 saturated heterocycles. The van der Waals surface area contributed by atoms with Gasteiger partial charge in [-0.1, -0.05) is 30.3 Å². The molecule has 2 aromatic heterocycles. The van der Waals surface area contributed by atoms with Gasteiger partial charge in [-0.25, -0.2) is 4.98 Å². The van der Waals surface area contributed by atoms with E-state index in [9.17, 15) is 9.90 Å². The first-order valence-electron chi connectivity index (χ1n) is 6.73. The van der Waals surface area contributed by atoms with Crippen molar-refractivity contribution in [3.05, 3.63) is 78.1 Å². The molecular formula is C16H14N4O2. The Labute approximate surface area is 126 Å². The van der Waals surface area contributed by atoms with Crippen LogP contribution in [0.1, 0.15) is 21.7 Å². The lowest BCUT2D eigenvalue weighted by Gasteiger charge is -2.02. The van der Waals surface area contributed by atoms with Gasteiger partial charge >= 0.3 is 0 Å². The first-order chi connectivity index (χ1) is 10.7. The van der Waals surface area contributed by atoms with Gasteiger partial charge in [0.25, 0.3) is 0 Å². The molecule has 2 heterocycles. The second-order valence-corrected chi connectivity index (χ2v) is 4.79. The molecule has 22 heavy (non-hydrogen) atoms. The van der Waals surface area contributed by atoms with E-state index in [0.29, 0.717) is 12.1 Å². The van der Waals surface area contributed by atoms with E-state index in [1.807, 2.05) is 41.1 Å². The minimum Gasteiger partial charge on any atom is -0.507 e. The molecule has 0 aliphatic carbocycles. The summed E-state index contributed by atoms with van der Waals surface area (Å²) < 4.78 is 1.94. The molecule has 3 rings (SSSR count). The molecule has 2 N–H and O–H groups in total. The number of carbonyl (C=O) groups excluding carboxylic acids is 1. The SMILES string of the molecule is O=C(/C=C(/O)c1ccn(Cc2ccccc2)c1)c1ncn[nH]1. The molecule has 0 amide bonds. The highest BCUT2D eigenvalue weighted by atomic mass is 16.3. The van der Waals surface area contributed by atoms with Crippen LogP contribution in [-0.2, 0) is 6.54 Å². The van der Waals surface area contributed by atoms with E-state index in [1.54, 1.807) is 12.3 Å². The topological polar surface area (TPSA) is 83.8 Å². The third kappa shape index (κ3) is 3.12. The van der Waals surface area contributed by atoms with E-state index in [-0.39, 0.29) is 11.6 Å². The predicted octanol–water partition coefficient (Wildman–Crippen LogP) is 2.44. The predicted molar refractivity (Wildman–Crippen MR) is 81.3 cm³/mol. The van der Waals surface area contributed by atoms with Gasteiger partial charge in [0.15, 0.2) is 5.82 Å². The highest BCUT2D eigenvalue weighted by Crippen LogP contribution is 2.14. The van der Waals surface area contributed by atoms with Crippen molar-refractivity contribution in [1.82, 2.24) is 19.7 Å². The fourth-order valence-electron chi connectivity index (χ4n) is 2.08. The minimum absolute atomic E-state index is 0.0928. The highest BCUT2D eigenvalue weighted by molar-refractivity contribution is 6.05. The Morgan fingerprint density at radius 2 is 2.09 bits per heavy atom. The van der Waals surface area contributed by atoms with Crippen LogP contribution in [-0.4, -0.2) is 30.6 Å². The number of carbonyl (C=O) groups is 1. The Balaban J connectivity index is 1.74. The van der Waals surface area contributed by atoms with Crippen LogP contribution in [0.3, 0.4) is 0 Å². The van der Waals surface area contributed by atoms with Gasteiger partial charge in [-0.3, -0.25) is 9.89 Å². The number of aromatic nitrogens is 4. The first-order valence-corrected chi connectivity index (χ1v) is 6.73. The molecule has 6 nitrogen and oxygen atoms in total. The molecule has 0 radical (unpaired) electrons. The summed E-state index contributed by atoms with van der Waals surface area (Å²) in [4.78, 5) is 15.6. The molecule has 1 aromatic carbocycles. The lowest BCUT2D eigenvalue weighted by atomic mass is 10.2. The Kier molecular flexibility index (Phi) is 3.82. The summed E-state index contributed by atoms with van der Waals surface area (Å²) in [5.74, 6) is -0.436. The largest absolute Gasteiger partial charge is 0.507 e. The van der Waals surface area contributed by atoms with Crippen molar-refractivity contribution >= 4 is 11.5 Å². The number of nitrogens with zero attached hydrogens (tertiary/aromatic N) is 3. The van der Waals surface area contributed by atoms with Gasteiger partial charge in [0.05, 0.1) is 0 Å². The van der Waals surface area contributed by atoms with Crippen LogP contribution in [0.15, 0.2) is 61.2 Å². The summed E-state index contributed by atoms with van der Waals surface area (Å²) in [6.45, 7) is 0.699. The molecule has 0 atom stereocenters. The molecule has 110 valence electrons. The zero-order chi connectivity index (χ0) is 15.4. The van der Waals surface area contributed by atoms with Gasteiger partial charge in [0.1, 0.15) is 12.1 Å². The number of nitrogens with one attached hydrogen (secondary N) is 1. The monoisotopic (exact) mass is 294 g/mol. The molecule has 0 aliphatic rings. The van der Waals surface area contributed by atoms with Crippen LogP contribution in [0.2, 0.25) is 0 Å². The summed E-state index contributed by atoms with van der Waals surface area (Å²) in [5, 5.41) is 16.1. The van der Waals surface area contributed by atoms with Crippen LogP contribution in [0.25, 0.3) is 5.76 Å². The van der Waals surface area contributed by atoms with Crippen molar-refractivity contribution in [3.8, 4) is 0 Å². The van der Waals surface area contributed by atoms with E-state index in [1.165, 1.54) is 6.33 Å². The number of benzene rings is 1. The van der Waals surface area contributed by atoms with Gasteiger partial charge in [-0.05, 0) is 11.6 Å². The molecule has 0 unspecified atom stereocenters. The van der Waals surface area contributed by atoms with Crippen molar-refractivity contribution in [2.45, 2.75) is 6.54 Å². The number of aliphatic hydroxyl groups is 1. The molecule has 0 spiro atoms. The molecule has 3 aromatic rings. The molecule has 6 heteroatoms. The third-order valence-electron chi connectivity index (χ3n) is 3.17. The van der Waals surface area contributed by atoms with Crippen molar-refractivity contribution in [2.24, 2.45) is 0 Å². The molecule has 0 bridgehead atoms. The average Bonchev–Trinajstić information content (AvgIpc) is 3.19. The van der Waals surface area contributed by atoms with Gasteiger partial charge in [0, 0.05) is 30.6 Å². The average molecular weight is 294 g/mol. The van der Waals surface area contributed by atoms with Crippen molar-refractivity contribution in [1.29, 1.82) is 0 Å². The second-order valence-electron chi connectivity index (χ2n) is 4.79. The van der Waals surface area contributed by atoms with E-state index in [2.05, 4.69) is 15.2 Å². The lowest BCUT2D eigenvalue weighted by molar-refractivity contribution is 0.103. The maximum absolute atomic E-state index is 11.8. The summed E-state index contributed by atoms with van der Waals surface area (Å²) in [6.07, 6.45) is 6.01. The minimum atomic E-state index is -0.425.